The van der Waals surface area contributed by atoms with Gasteiger partial charge in [-0.05, 0) is 31.4 Å². The van der Waals surface area contributed by atoms with Gasteiger partial charge in [-0.1, -0.05) is 17.3 Å². The molecule has 1 saturated carbocycles. The molecule has 1 atom stereocenters. The number of para-hydroxylation sites is 2. The number of carbonyl (C=O) groups is 1. The zero-order valence-electron chi connectivity index (χ0n) is 14.0. The van der Waals surface area contributed by atoms with Crippen LogP contribution in [0.1, 0.15) is 43.3 Å². The first-order chi connectivity index (χ1) is 11.6. The van der Waals surface area contributed by atoms with E-state index in [1.165, 1.54) is 0 Å². The van der Waals surface area contributed by atoms with Crippen molar-refractivity contribution in [1.82, 2.24) is 10.1 Å². The third-order valence-electron chi connectivity index (χ3n) is 4.98. The Kier molecular flexibility index (Phi) is 4.71. The van der Waals surface area contributed by atoms with Gasteiger partial charge in [0.05, 0.1) is 24.3 Å². The number of carbonyl (C=O) groups excluding carboxylic acids is 1. The number of aromatic nitrogens is 2. The van der Waals surface area contributed by atoms with Crippen LogP contribution in [0, 0.1) is 0 Å². The number of amides is 1. The largest absolute Gasteiger partial charge is 0.495 e. The number of ether oxygens (including phenoxy) is 1. The Hall–Kier alpha value is -2.12. The molecule has 134 valence electrons. The predicted octanol–water partition coefficient (Wildman–Crippen LogP) is 2.36. The van der Waals surface area contributed by atoms with E-state index < -0.39 is 5.54 Å². The van der Waals surface area contributed by atoms with Crippen molar-refractivity contribution >= 4 is 24.0 Å². The van der Waals surface area contributed by atoms with E-state index in [1.54, 1.807) is 12.0 Å². The van der Waals surface area contributed by atoms with Crippen LogP contribution in [0.25, 0.3) is 0 Å². The molecule has 1 aromatic carbocycles. The second-order valence-corrected chi connectivity index (χ2v) is 6.54. The number of nitrogens with zero attached hydrogens (tertiary/aromatic N) is 3. The number of rotatable bonds is 4. The highest BCUT2D eigenvalue weighted by Crippen LogP contribution is 2.39. The van der Waals surface area contributed by atoms with Crippen molar-refractivity contribution in [2.24, 2.45) is 5.73 Å². The molecule has 1 aliphatic heterocycles. The van der Waals surface area contributed by atoms with Crippen LogP contribution in [-0.2, 0) is 10.3 Å². The minimum absolute atomic E-state index is 0. The maximum absolute atomic E-state index is 12.5. The molecule has 8 heteroatoms. The fourth-order valence-corrected chi connectivity index (χ4v) is 3.34. The highest BCUT2D eigenvalue weighted by atomic mass is 35.5. The number of hydrogen-bond donors (Lipinski definition) is 1. The van der Waals surface area contributed by atoms with E-state index in [1.807, 2.05) is 24.3 Å². The van der Waals surface area contributed by atoms with Gasteiger partial charge in [0.15, 0.2) is 5.82 Å². The molecule has 0 radical (unpaired) electrons. The average Bonchev–Trinajstić information content (AvgIpc) is 3.19. The number of nitrogens with two attached hydrogens (primary N) is 1. The summed E-state index contributed by atoms with van der Waals surface area (Å²) in [6.45, 7) is 0.498. The molecule has 4 rings (SSSR count). The van der Waals surface area contributed by atoms with E-state index >= 15 is 0 Å². The van der Waals surface area contributed by atoms with Crippen LogP contribution in [0.4, 0.5) is 5.69 Å². The average molecular weight is 365 g/mol. The molecule has 25 heavy (non-hydrogen) atoms. The lowest BCUT2D eigenvalue weighted by molar-refractivity contribution is -0.117. The normalized spacial score (nSPS) is 21.6. The van der Waals surface area contributed by atoms with Gasteiger partial charge >= 0.3 is 0 Å². The smallest absolute Gasteiger partial charge is 0.232 e. The van der Waals surface area contributed by atoms with Crippen molar-refractivity contribution < 1.29 is 14.1 Å². The fourth-order valence-electron chi connectivity index (χ4n) is 3.34. The van der Waals surface area contributed by atoms with Crippen LogP contribution in [0.2, 0.25) is 0 Å². The van der Waals surface area contributed by atoms with Gasteiger partial charge in [0.25, 0.3) is 0 Å². The summed E-state index contributed by atoms with van der Waals surface area (Å²) in [5.74, 6) is 1.63. The van der Waals surface area contributed by atoms with Gasteiger partial charge in [-0.3, -0.25) is 4.79 Å². The van der Waals surface area contributed by atoms with Crippen LogP contribution in [0.5, 0.6) is 5.75 Å². The molecule has 1 aliphatic carbocycles. The van der Waals surface area contributed by atoms with E-state index in [9.17, 15) is 4.79 Å². The van der Waals surface area contributed by atoms with Gasteiger partial charge in [0, 0.05) is 13.0 Å². The molecular formula is C17H21ClN4O3. The number of anilines is 1. The molecule has 1 amide bonds. The number of methoxy groups -OCH3 is 1. The number of benzene rings is 1. The summed E-state index contributed by atoms with van der Waals surface area (Å²) in [5.41, 5.74) is 6.55. The van der Waals surface area contributed by atoms with Crippen LogP contribution >= 0.6 is 12.4 Å². The van der Waals surface area contributed by atoms with Gasteiger partial charge in [-0.25, -0.2) is 0 Å². The Morgan fingerprint density at radius 2 is 2.12 bits per heavy atom. The molecule has 2 fully saturated rings. The van der Waals surface area contributed by atoms with Crippen molar-refractivity contribution in [3.63, 3.8) is 0 Å². The van der Waals surface area contributed by atoms with Gasteiger partial charge in [-0.15, -0.1) is 12.4 Å². The first-order valence-electron chi connectivity index (χ1n) is 8.17. The predicted molar refractivity (Wildman–Crippen MR) is 94.0 cm³/mol. The summed E-state index contributed by atoms with van der Waals surface area (Å²) < 4.78 is 10.8. The van der Waals surface area contributed by atoms with Gasteiger partial charge in [-0.2, -0.15) is 4.98 Å². The van der Waals surface area contributed by atoms with Crippen LogP contribution < -0.4 is 15.4 Å². The molecule has 7 nitrogen and oxygen atoms in total. The summed E-state index contributed by atoms with van der Waals surface area (Å²) in [7, 11) is 1.60. The lowest BCUT2D eigenvalue weighted by Gasteiger charge is -2.34. The monoisotopic (exact) mass is 364 g/mol. The molecule has 2 N–H and O–H groups in total. The van der Waals surface area contributed by atoms with Crippen molar-refractivity contribution in [1.29, 1.82) is 0 Å². The van der Waals surface area contributed by atoms with E-state index in [4.69, 9.17) is 15.0 Å². The molecule has 1 unspecified atom stereocenters. The maximum Gasteiger partial charge on any atom is 0.232 e. The SMILES string of the molecule is COc1ccccc1N1CC(c2nc(C3(N)CCC3)no2)CC1=O.Cl. The van der Waals surface area contributed by atoms with Crippen LogP contribution in [0.3, 0.4) is 0 Å². The first kappa shape index (κ1) is 17.7. The van der Waals surface area contributed by atoms with Gasteiger partial charge in [0.1, 0.15) is 5.75 Å². The molecule has 2 aliphatic rings. The second kappa shape index (κ2) is 6.65. The Balaban J connectivity index is 0.00000182. The minimum atomic E-state index is -0.452. The Morgan fingerprint density at radius 3 is 2.80 bits per heavy atom. The first-order valence-corrected chi connectivity index (χ1v) is 8.17. The zero-order valence-corrected chi connectivity index (χ0v) is 14.8. The lowest BCUT2D eigenvalue weighted by atomic mass is 9.77. The molecule has 1 saturated heterocycles. The third-order valence-corrected chi connectivity index (χ3v) is 4.98. The number of hydrogen-bond acceptors (Lipinski definition) is 6. The Bertz CT molecular complexity index is 775. The summed E-state index contributed by atoms with van der Waals surface area (Å²) >= 11 is 0. The molecule has 2 heterocycles. The van der Waals surface area contributed by atoms with E-state index in [0.29, 0.717) is 30.4 Å². The lowest BCUT2D eigenvalue weighted by Crippen LogP contribution is -2.44. The fraction of sp³-hybridized carbons (Fsp3) is 0.471. The van der Waals surface area contributed by atoms with Crippen molar-refractivity contribution in [2.45, 2.75) is 37.1 Å². The van der Waals surface area contributed by atoms with E-state index in [2.05, 4.69) is 10.1 Å². The summed E-state index contributed by atoms with van der Waals surface area (Å²) in [6, 6.07) is 7.49. The molecule has 0 spiro atoms. The van der Waals surface area contributed by atoms with Gasteiger partial charge < -0.3 is 19.9 Å². The summed E-state index contributed by atoms with van der Waals surface area (Å²) in [4.78, 5) is 18.6. The minimum Gasteiger partial charge on any atom is -0.495 e. The second-order valence-electron chi connectivity index (χ2n) is 6.54. The van der Waals surface area contributed by atoms with E-state index in [-0.39, 0.29) is 24.2 Å². The maximum atomic E-state index is 12.5. The van der Waals surface area contributed by atoms with Crippen molar-refractivity contribution in [3.8, 4) is 5.75 Å². The van der Waals surface area contributed by atoms with Crippen LogP contribution in [-0.4, -0.2) is 29.7 Å². The summed E-state index contributed by atoms with van der Waals surface area (Å²) in [6.07, 6.45) is 3.19. The third kappa shape index (κ3) is 2.98. The van der Waals surface area contributed by atoms with Crippen molar-refractivity contribution in [3.05, 3.63) is 36.0 Å². The highest BCUT2D eigenvalue weighted by Gasteiger charge is 2.41. The topological polar surface area (TPSA) is 94.5 Å². The Labute approximate surface area is 151 Å². The molecule has 2 aromatic rings. The standard InChI is InChI=1S/C17H20N4O3.ClH/c1-23-13-6-3-2-5-12(13)21-10-11(9-14(21)22)15-19-16(20-24-15)17(18)7-4-8-17;/h2-3,5-6,11H,4,7-10,18H2,1H3;1H. The summed E-state index contributed by atoms with van der Waals surface area (Å²) in [5, 5.41) is 4.05. The number of halogens is 1. The van der Waals surface area contributed by atoms with E-state index in [0.717, 1.165) is 24.9 Å². The quantitative estimate of drug-likeness (QED) is 0.894. The molecule has 0 bridgehead atoms. The molecular weight excluding hydrogens is 344 g/mol. The van der Waals surface area contributed by atoms with Crippen molar-refractivity contribution in [2.75, 3.05) is 18.6 Å². The zero-order chi connectivity index (χ0) is 16.7. The molecule has 1 aromatic heterocycles. The highest BCUT2D eigenvalue weighted by molar-refractivity contribution is 5.97. The Morgan fingerprint density at radius 1 is 1.36 bits per heavy atom. The van der Waals surface area contributed by atoms with Crippen LogP contribution in [0.15, 0.2) is 28.8 Å². The van der Waals surface area contributed by atoms with Gasteiger partial charge in [0.2, 0.25) is 11.8 Å².